The zero-order valence-corrected chi connectivity index (χ0v) is 9.37. The minimum atomic E-state index is -0.814. The van der Waals surface area contributed by atoms with Gasteiger partial charge in [0.2, 0.25) is 0 Å². The van der Waals surface area contributed by atoms with Crippen LogP contribution >= 0.6 is 0 Å². The molecule has 0 fully saturated rings. The molecule has 0 atom stereocenters. The van der Waals surface area contributed by atoms with E-state index in [4.69, 9.17) is 0 Å². The fourth-order valence-electron chi connectivity index (χ4n) is 1.34. The van der Waals surface area contributed by atoms with Gasteiger partial charge in [-0.15, -0.1) is 0 Å². The van der Waals surface area contributed by atoms with Crippen molar-refractivity contribution in [1.29, 1.82) is 0 Å². The van der Waals surface area contributed by atoms with Crippen molar-refractivity contribution in [1.82, 2.24) is 0 Å². The minimum absolute atomic E-state index is 0.297. The normalized spacial score (nSPS) is 9.25. The monoisotopic (exact) mass is 220 g/mol. The van der Waals surface area contributed by atoms with Crippen LogP contribution in [-0.4, -0.2) is 0 Å². The molecule has 0 aliphatic heterocycles. The number of rotatable bonds is 1. The maximum Gasteiger partial charge on any atom is 0.166 e. The predicted octanol–water partition coefficient (Wildman–Crippen LogP) is 4.66. The summed E-state index contributed by atoms with van der Waals surface area (Å²) < 4.78 is 26.2. The molecule has 0 aliphatic carbocycles. The Morgan fingerprint density at radius 1 is 0.750 bits per heavy atom. The molecule has 0 bridgehead atoms. The van der Waals surface area contributed by atoms with Crippen molar-refractivity contribution < 1.29 is 8.78 Å². The van der Waals surface area contributed by atoms with Gasteiger partial charge in [-0.3, -0.25) is 0 Å². The van der Waals surface area contributed by atoms with Crippen LogP contribution < -0.4 is 0 Å². The van der Waals surface area contributed by atoms with Crippen LogP contribution in [0.1, 0.15) is 13.8 Å². The van der Waals surface area contributed by atoms with Gasteiger partial charge in [0.1, 0.15) is 0 Å². The highest BCUT2D eigenvalue weighted by atomic mass is 19.2. The van der Waals surface area contributed by atoms with Gasteiger partial charge in [-0.05, 0) is 11.6 Å². The van der Waals surface area contributed by atoms with Crippen LogP contribution in [0.25, 0.3) is 11.1 Å². The van der Waals surface area contributed by atoms with E-state index in [0.717, 1.165) is 6.07 Å². The summed E-state index contributed by atoms with van der Waals surface area (Å²) >= 11 is 0. The summed E-state index contributed by atoms with van der Waals surface area (Å²) in [5.74, 6) is -1.61. The van der Waals surface area contributed by atoms with Crippen LogP contribution in [-0.2, 0) is 0 Å². The molecule has 0 amide bonds. The Labute approximate surface area is 94.6 Å². The Bertz CT molecular complexity index is 436. The molecular weight excluding hydrogens is 206 g/mol. The molecule has 2 rings (SSSR count). The lowest BCUT2D eigenvalue weighted by Gasteiger charge is -2.02. The summed E-state index contributed by atoms with van der Waals surface area (Å²) in [6.07, 6.45) is 0. The smallest absolute Gasteiger partial charge is 0.166 e. The summed E-state index contributed by atoms with van der Waals surface area (Å²) in [5, 5.41) is 0. The van der Waals surface area contributed by atoms with E-state index in [2.05, 4.69) is 0 Å². The molecule has 2 heteroatoms. The highest BCUT2D eigenvalue weighted by molar-refractivity contribution is 5.63. The second kappa shape index (κ2) is 6.01. The zero-order chi connectivity index (χ0) is 12.0. The molecule has 0 heterocycles. The largest absolute Gasteiger partial charge is 0.204 e. The van der Waals surface area contributed by atoms with Gasteiger partial charge in [0.05, 0.1) is 0 Å². The van der Waals surface area contributed by atoms with Crippen molar-refractivity contribution in [3.05, 3.63) is 60.2 Å². The minimum Gasteiger partial charge on any atom is -0.204 e. The molecule has 0 nitrogen and oxygen atoms in total. The van der Waals surface area contributed by atoms with E-state index in [-0.39, 0.29) is 0 Å². The molecule has 84 valence electrons. The second-order valence-electron chi connectivity index (χ2n) is 2.97. The lowest BCUT2D eigenvalue weighted by Crippen LogP contribution is -1.88. The SMILES string of the molecule is CC.Fc1cccc(-c2ccccc2)c1F. The van der Waals surface area contributed by atoms with Gasteiger partial charge >= 0.3 is 0 Å². The lowest BCUT2D eigenvalue weighted by atomic mass is 10.1. The standard InChI is InChI=1S/C12H8F2.C2H6/c13-11-8-4-7-10(12(11)14)9-5-2-1-3-6-9;1-2/h1-8H;1-2H3. The van der Waals surface area contributed by atoms with E-state index in [9.17, 15) is 8.78 Å². The molecule has 0 spiro atoms. The average molecular weight is 220 g/mol. The molecule has 0 saturated heterocycles. The van der Waals surface area contributed by atoms with Gasteiger partial charge in [-0.2, -0.15) is 0 Å². The van der Waals surface area contributed by atoms with Crippen LogP contribution in [0, 0.1) is 11.6 Å². The third-order valence-corrected chi connectivity index (χ3v) is 2.04. The van der Waals surface area contributed by atoms with E-state index in [1.54, 1.807) is 30.3 Å². The molecule has 0 N–H and O–H groups in total. The maximum atomic E-state index is 13.3. The molecule has 0 aliphatic rings. The molecule has 0 unspecified atom stereocenters. The number of benzene rings is 2. The van der Waals surface area contributed by atoms with E-state index in [1.807, 2.05) is 19.9 Å². The summed E-state index contributed by atoms with van der Waals surface area (Å²) in [7, 11) is 0. The summed E-state index contributed by atoms with van der Waals surface area (Å²) in [4.78, 5) is 0. The van der Waals surface area contributed by atoms with Crippen molar-refractivity contribution in [2.24, 2.45) is 0 Å². The van der Waals surface area contributed by atoms with E-state index in [0.29, 0.717) is 11.1 Å². The van der Waals surface area contributed by atoms with E-state index >= 15 is 0 Å². The number of halogens is 2. The molecule has 0 radical (unpaired) electrons. The Balaban J connectivity index is 0.000000606. The molecule has 0 saturated carbocycles. The van der Waals surface area contributed by atoms with Crippen molar-refractivity contribution in [3.63, 3.8) is 0 Å². The molecule has 0 aromatic heterocycles. The van der Waals surface area contributed by atoms with Crippen LogP contribution in [0.15, 0.2) is 48.5 Å². The Morgan fingerprint density at radius 3 is 2.00 bits per heavy atom. The fourth-order valence-corrected chi connectivity index (χ4v) is 1.34. The Morgan fingerprint density at radius 2 is 1.38 bits per heavy atom. The van der Waals surface area contributed by atoms with Gasteiger partial charge in [-0.1, -0.05) is 56.3 Å². The van der Waals surface area contributed by atoms with E-state index in [1.165, 1.54) is 6.07 Å². The van der Waals surface area contributed by atoms with Gasteiger partial charge in [0, 0.05) is 5.56 Å². The third kappa shape index (κ3) is 2.66. The van der Waals surface area contributed by atoms with E-state index < -0.39 is 11.6 Å². The fraction of sp³-hybridized carbons (Fsp3) is 0.143. The van der Waals surface area contributed by atoms with Gasteiger partial charge in [-0.25, -0.2) is 8.78 Å². The topological polar surface area (TPSA) is 0 Å². The first-order valence-corrected chi connectivity index (χ1v) is 5.28. The van der Waals surface area contributed by atoms with Crippen LogP contribution in [0.5, 0.6) is 0 Å². The number of hydrogen-bond donors (Lipinski definition) is 0. The highest BCUT2D eigenvalue weighted by Crippen LogP contribution is 2.23. The first-order valence-electron chi connectivity index (χ1n) is 5.28. The lowest BCUT2D eigenvalue weighted by molar-refractivity contribution is 0.511. The Hall–Kier alpha value is -1.70. The van der Waals surface area contributed by atoms with Crippen LogP contribution in [0.3, 0.4) is 0 Å². The average Bonchev–Trinajstić information content (AvgIpc) is 2.36. The first kappa shape index (κ1) is 12.4. The third-order valence-electron chi connectivity index (χ3n) is 2.04. The molecule has 16 heavy (non-hydrogen) atoms. The summed E-state index contributed by atoms with van der Waals surface area (Å²) in [6, 6.07) is 13.1. The van der Waals surface area contributed by atoms with Gasteiger partial charge < -0.3 is 0 Å². The van der Waals surface area contributed by atoms with Crippen molar-refractivity contribution in [2.45, 2.75) is 13.8 Å². The second-order valence-corrected chi connectivity index (χ2v) is 2.97. The number of hydrogen-bond acceptors (Lipinski definition) is 0. The first-order chi connectivity index (χ1) is 7.79. The zero-order valence-electron chi connectivity index (χ0n) is 9.37. The van der Waals surface area contributed by atoms with Crippen molar-refractivity contribution in [2.75, 3.05) is 0 Å². The molecule has 2 aromatic carbocycles. The quantitative estimate of drug-likeness (QED) is 0.655. The predicted molar refractivity (Wildman–Crippen MR) is 63.1 cm³/mol. The molecular formula is C14H14F2. The van der Waals surface area contributed by atoms with Gasteiger partial charge in [0.25, 0.3) is 0 Å². The van der Waals surface area contributed by atoms with Crippen LogP contribution in [0.4, 0.5) is 8.78 Å². The maximum absolute atomic E-state index is 13.3. The summed E-state index contributed by atoms with van der Waals surface area (Å²) in [5.41, 5.74) is 0.982. The highest BCUT2D eigenvalue weighted by Gasteiger charge is 2.08. The van der Waals surface area contributed by atoms with Crippen molar-refractivity contribution >= 4 is 0 Å². The van der Waals surface area contributed by atoms with Crippen LogP contribution in [0.2, 0.25) is 0 Å². The summed E-state index contributed by atoms with van der Waals surface area (Å²) in [6.45, 7) is 4.00. The Kier molecular flexibility index (Phi) is 4.65. The van der Waals surface area contributed by atoms with Crippen molar-refractivity contribution in [3.8, 4) is 11.1 Å². The van der Waals surface area contributed by atoms with Gasteiger partial charge in [0.15, 0.2) is 11.6 Å². The molecule has 2 aromatic rings.